The van der Waals surface area contributed by atoms with Crippen LogP contribution in [0.4, 0.5) is 5.95 Å². The van der Waals surface area contributed by atoms with Gasteiger partial charge in [-0.25, -0.2) is 18.4 Å². The summed E-state index contributed by atoms with van der Waals surface area (Å²) >= 11 is 0. The highest BCUT2D eigenvalue weighted by Crippen LogP contribution is 2.28. The number of nitrogens with zero attached hydrogens (tertiary/aromatic N) is 4. The highest BCUT2D eigenvalue weighted by atomic mass is 32.2. The zero-order valence-corrected chi connectivity index (χ0v) is 21.8. The minimum atomic E-state index is -3.62. The van der Waals surface area contributed by atoms with Gasteiger partial charge in [0.05, 0.1) is 23.4 Å². The summed E-state index contributed by atoms with van der Waals surface area (Å²) in [6.45, 7) is 9.05. The Morgan fingerprint density at radius 3 is 2.51 bits per heavy atom. The molecule has 8 nitrogen and oxygen atoms in total. The molecule has 186 valence electrons. The number of aromatic nitrogens is 3. The lowest BCUT2D eigenvalue weighted by Gasteiger charge is -2.32. The monoisotopic (exact) mass is 495 g/mol. The van der Waals surface area contributed by atoms with Crippen molar-refractivity contribution < 1.29 is 13.2 Å². The van der Waals surface area contributed by atoms with E-state index in [4.69, 9.17) is 4.74 Å². The molecule has 0 amide bonds. The Morgan fingerprint density at radius 1 is 1.09 bits per heavy atom. The number of anilines is 1. The van der Waals surface area contributed by atoms with Crippen LogP contribution in [-0.4, -0.2) is 53.9 Å². The van der Waals surface area contributed by atoms with Crippen molar-refractivity contribution in [3.05, 3.63) is 60.2 Å². The second-order valence-electron chi connectivity index (χ2n) is 9.90. The van der Waals surface area contributed by atoms with Gasteiger partial charge in [0.2, 0.25) is 16.0 Å². The second-order valence-corrected chi connectivity index (χ2v) is 11.8. The van der Waals surface area contributed by atoms with E-state index in [1.54, 1.807) is 35.9 Å². The second kappa shape index (κ2) is 9.91. The molecule has 1 N–H and O–H groups in total. The molecular weight excluding hydrogens is 462 g/mol. The number of rotatable bonds is 6. The Labute approximate surface area is 207 Å². The van der Waals surface area contributed by atoms with Gasteiger partial charge in [0.1, 0.15) is 5.75 Å². The van der Waals surface area contributed by atoms with E-state index in [2.05, 4.69) is 41.0 Å². The van der Waals surface area contributed by atoms with Crippen LogP contribution in [0, 0.1) is 6.92 Å². The summed E-state index contributed by atoms with van der Waals surface area (Å²) in [5.41, 5.74) is 3.41. The SMILES string of the molecule is COc1cc(-c2ccc(S(=O)(=O)N3CCCC(Nc4nccc(C(C)(C)C)n4)C3)cc2)cnc1C. The summed E-state index contributed by atoms with van der Waals surface area (Å²) < 4.78 is 33.7. The van der Waals surface area contributed by atoms with Crippen LogP contribution in [0.5, 0.6) is 5.75 Å². The Balaban J connectivity index is 1.49. The molecule has 0 radical (unpaired) electrons. The summed E-state index contributed by atoms with van der Waals surface area (Å²) in [7, 11) is -2.02. The Morgan fingerprint density at radius 2 is 1.83 bits per heavy atom. The maximum Gasteiger partial charge on any atom is 0.243 e. The van der Waals surface area contributed by atoms with Crippen LogP contribution in [0.15, 0.2) is 53.7 Å². The van der Waals surface area contributed by atoms with Gasteiger partial charge in [-0.1, -0.05) is 32.9 Å². The van der Waals surface area contributed by atoms with Crippen LogP contribution < -0.4 is 10.1 Å². The molecule has 0 bridgehead atoms. The summed E-state index contributed by atoms with van der Waals surface area (Å²) in [4.78, 5) is 13.6. The fourth-order valence-electron chi connectivity index (χ4n) is 4.15. The topological polar surface area (TPSA) is 97.3 Å². The van der Waals surface area contributed by atoms with Crippen LogP contribution in [0.2, 0.25) is 0 Å². The predicted octanol–water partition coefficient (Wildman–Crippen LogP) is 4.42. The van der Waals surface area contributed by atoms with Crippen molar-refractivity contribution in [1.29, 1.82) is 0 Å². The number of nitrogens with one attached hydrogen (secondary N) is 1. The third kappa shape index (κ3) is 5.62. The quantitative estimate of drug-likeness (QED) is 0.541. The average Bonchev–Trinajstić information content (AvgIpc) is 2.84. The third-order valence-electron chi connectivity index (χ3n) is 6.23. The maximum atomic E-state index is 13.4. The first-order valence-electron chi connectivity index (χ1n) is 11.8. The number of pyridine rings is 1. The van der Waals surface area contributed by atoms with Gasteiger partial charge in [-0.05, 0) is 49.6 Å². The van der Waals surface area contributed by atoms with Crippen molar-refractivity contribution in [3.63, 3.8) is 0 Å². The van der Waals surface area contributed by atoms with Gasteiger partial charge >= 0.3 is 0 Å². The number of aryl methyl sites for hydroxylation is 1. The van der Waals surface area contributed by atoms with Crippen LogP contribution in [0.3, 0.4) is 0 Å². The molecular formula is C26H33N5O3S. The molecule has 0 spiro atoms. The summed E-state index contributed by atoms with van der Waals surface area (Å²) in [5.74, 6) is 1.23. The van der Waals surface area contributed by atoms with Crippen LogP contribution in [-0.2, 0) is 15.4 Å². The number of benzene rings is 1. The Bertz CT molecular complexity index is 1290. The molecule has 4 rings (SSSR count). The van der Waals surface area contributed by atoms with E-state index in [0.29, 0.717) is 24.8 Å². The van der Waals surface area contributed by atoms with Gasteiger partial charge in [0.15, 0.2) is 0 Å². The number of sulfonamides is 1. The first-order valence-corrected chi connectivity index (χ1v) is 13.2. The van der Waals surface area contributed by atoms with Gasteiger partial charge in [-0.15, -0.1) is 0 Å². The number of ether oxygens (including phenoxy) is 1. The van der Waals surface area contributed by atoms with Gasteiger partial charge in [0, 0.05) is 42.5 Å². The van der Waals surface area contributed by atoms with Crippen molar-refractivity contribution in [2.45, 2.75) is 56.9 Å². The molecule has 1 atom stereocenters. The highest BCUT2D eigenvalue weighted by Gasteiger charge is 2.31. The number of hydrogen-bond acceptors (Lipinski definition) is 7. The predicted molar refractivity (Wildman–Crippen MR) is 137 cm³/mol. The first kappa shape index (κ1) is 25.1. The first-order chi connectivity index (χ1) is 16.6. The summed E-state index contributed by atoms with van der Waals surface area (Å²) in [6, 6.07) is 10.7. The minimum Gasteiger partial charge on any atom is -0.495 e. The van der Waals surface area contributed by atoms with Gasteiger partial charge in [-0.3, -0.25) is 4.98 Å². The molecule has 35 heavy (non-hydrogen) atoms. The average molecular weight is 496 g/mol. The largest absolute Gasteiger partial charge is 0.495 e. The molecule has 1 aliphatic rings. The van der Waals surface area contributed by atoms with Crippen molar-refractivity contribution in [2.75, 3.05) is 25.5 Å². The smallest absolute Gasteiger partial charge is 0.243 e. The molecule has 3 heterocycles. The van der Waals surface area contributed by atoms with Gasteiger partial charge in [-0.2, -0.15) is 4.31 Å². The standard InChI is InChI=1S/C26H33N5O3S/c1-18-23(34-5)15-20(16-28-18)19-8-10-22(11-9-19)35(32,33)31-14-6-7-21(17-31)29-25-27-13-12-24(30-25)26(2,3)4/h8-13,15-16,21H,6-7,14,17H2,1-5H3,(H,27,29,30). The van der Waals surface area contributed by atoms with E-state index in [1.165, 1.54) is 0 Å². The van der Waals surface area contributed by atoms with Crippen LogP contribution in [0.1, 0.15) is 45.0 Å². The Hall–Kier alpha value is -3.04. The van der Waals surface area contributed by atoms with E-state index < -0.39 is 10.0 Å². The molecule has 3 aromatic rings. The van der Waals surface area contributed by atoms with E-state index in [9.17, 15) is 8.42 Å². The van der Waals surface area contributed by atoms with Crippen molar-refractivity contribution in [2.24, 2.45) is 0 Å². The van der Waals surface area contributed by atoms with Gasteiger partial charge < -0.3 is 10.1 Å². The number of piperidine rings is 1. The Kier molecular flexibility index (Phi) is 7.10. The van der Waals surface area contributed by atoms with E-state index in [1.807, 2.05) is 31.2 Å². The normalized spacial score (nSPS) is 17.2. The van der Waals surface area contributed by atoms with E-state index in [0.717, 1.165) is 35.4 Å². The fourth-order valence-corrected chi connectivity index (χ4v) is 5.68. The minimum absolute atomic E-state index is 0.0564. The van der Waals surface area contributed by atoms with Crippen molar-refractivity contribution in [1.82, 2.24) is 19.3 Å². The zero-order chi connectivity index (χ0) is 25.2. The van der Waals surface area contributed by atoms with E-state index >= 15 is 0 Å². The molecule has 0 saturated carbocycles. The number of hydrogen-bond donors (Lipinski definition) is 1. The molecule has 1 saturated heterocycles. The third-order valence-corrected chi connectivity index (χ3v) is 8.11. The lowest BCUT2D eigenvalue weighted by molar-refractivity contribution is 0.326. The highest BCUT2D eigenvalue weighted by molar-refractivity contribution is 7.89. The van der Waals surface area contributed by atoms with E-state index in [-0.39, 0.29) is 16.4 Å². The van der Waals surface area contributed by atoms with Crippen LogP contribution in [0.25, 0.3) is 11.1 Å². The van der Waals surface area contributed by atoms with Crippen LogP contribution >= 0.6 is 0 Å². The molecule has 1 unspecified atom stereocenters. The lowest BCUT2D eigenvalue weighted by Crippen LogP contribution is -2.45. The lowest BCUT2D eigenvalue weighted by atomic mass is 9.92. The molecule has 1 aliphatic heterocycles. The molecule has 1 fully saturated rings. The summed E-state index contributed by atoms with van der Waals surface area (Å²) in [6.07, 6.45) is 5.13. The molecule has 2 aromatic heterocycles. The maximum absolute atomic E-state index is 13.4. The molecule has 1 aromatic carbocycles. The van der Waals surface area contributed by atoms with Crippen molar-refractivity contribution >= 4 is 16.0 Å². The molecule has 0 aliphatic carbocycles. The fraction of sp³-hybridized carbons (Fsp3) is 0.423. The zero-order valence-electron chi connectivity index (χ0n) is 20.9. The summed E-state index contributed by atoms with van der Waals surface area (Å²) in [5, 5.41) is 3.35. The van der Waals surface area contributed by atoms with Gasteiger partial charge in [0.25, 0.3) is 0 Å². The number of methoxy groups -OCH3 is 1. The molecule has 9 heteroatoms. The van der Waals surface area contributed by atoms with Crippen molar-refractivity contribution in [3.8, 4) is 16.9 Å².